The first kappa shape index (κ1) is 16.7. The van der Waals surface area contributed by atoms with Crippen molar-refractivity contribution in [2.75, 3.05) is 17.7 Å². The van der Waals surface area contributed by atoms with Crippen LogP contribution < -0.4 is 10.6 Å². The van der Waals surface area contributed by atoms with Crippen LogP contribution in [0.4, 0.5) is 11.4 Å². The number of benzene rings is 2. The van der Waals surface area contributed by atoms with Crippen molar-refractivity contribution < 1.29 is 19.1 Å². The highest BCUT2D eigenvalue weighted by Crippen LogP contribution is 2.40. The summed E-state index contributed by atoms with van der Waals surface area (Å²) in [4.78, 5) is 36.3. The predicted octanol–water partition coefficient (Wildman–Crippen LogP) is 2.69. The highest BCUT2D eigenvalue weighted by molar-refractivity contribution is 6.06. The molecule has 2 aromatic carbocycles. The van der Waals surface area contributed by atoms with Crippen LogP contribution in [-0.2, 0) is 14.3 Å². The van der Waals surface area contributed by atoms with Gasteiger partial charge in [0.1, 0.15) is 0 Å². The van der Waals surface area contributed by atoms with Crippen molar-refractivity contribution in [2.24, 2.45) is 11.8 Å². The van der Waals surface area contributed by atoms with Gasteiger partial charge in [-0.3, -0.25) is 9.59 Å². The van der Waals surface area contributed by atoms with E-state index in [0.29, 0.717) is 17.8 Å². The van der Waals surface area contributed by atoms with E-state index < -0.39 is 11.9 Å². The van der Waals surface area contributed by atoms with Gasteiger partial charge in [-0.1, -0.05) is 30.3 Å². The van der Waals surface area contributed by atoms with Gasteiger partial charge in [0.15, 0.2) is 0 Å². The zero-order valence-electron chi connectivity index (χ0n) is 13.7. The second-order valence-corrected chi connectivity index (χ2v) is 5.83. The van der Waals surface area contributed by atoms with E-state index in [1.54, 1.807) is 36.4 Å². The highest BCUT2D eigenvalue weighted by atomic mass is 16.5. The molecule has 0 aromatic heterocycles. The van der Waals surface area contributed by atoms with E-state index in [4.69, 9.17) is 4.74 Å². The number of hydrogen-bond acceptors (Lipinski definition) is 4. The Bertz CT molecular complexity index is 804. The van der Waals surface area contributed by atoms with Crippen LogP contribution >= 0.6 is 0 Å². The molecule has 25 heavy (non-hydrogen) atoms. The number of anilines is 2. The van der Waals surface area contributed by atoms with E-state index in [2.05, 4.69) is 10.6 Å². The summed E-state index contributed by atoms with van der Waals surface area (Å²) in [5.41, 5.74) is 1.37. The van der Waals surface area contributed by atoms with Gasteiger partial charge in [0, 0.05) is 5.69 Å². The van der Waals surface area contributed by atoms with Crippen LogP contribution in [0.1, 0.15) is 16.8 Å². The Balaban J connectivity index is 1.61. The minimum atomic E-state index is -0.523. The number of esters is 1. The maximum atomic E-state index is 12.4. The molecule has 2 aromatic rings. The normalized spacial score (nSPS) is 18.1. The Hall–Kier alpha value is -3.15. The fraction of sp³-hybridized carbons (Fsp3) is 0.211. The minimum Gasteiger partial charge on any atom is -0.465 e. The largest absolute Gasteiger partial charge is 0.465 e. The Morgan fingerprint density at radius 2 is 1.48 bits per heavy atom. The van der Waals surface area contributed by atoms with Crippen molar-refractivity contribution in [3.05, 3.63) is 60.2 Å². The van der Waals surface area contributed by atoms with Crippen LogP contribution in [-0.4, -0.2) is 24.9 Å². The molecular weight excluding hydrogens is 320 g/mol. The van der Waals surface area contributed by atoms with E-state index in [9.17, 15) is 14.4 Å². The Morgan fingerprint density at radius 3 is 2.16 bits per heavy atom. The number of rotatable bonds is 5. The number of amides is 2. The first-order valence-electron chi connectivity index (χ1n) is 7.94. The van der Waals surface area contributed by atoms with E-state index in [1.165, 1.54) is 7.11 Å². The Kier molecular flexibility index (Phi) is 4.79. The summed E-state index contributed by atoms with van der Waals surface area (Å²) in [6.07, 6.45) is 0.491. The molecule has 2 unspecified atom stereocenters. The first-order valence-corrected chi connectivity index (χ1v) is 7.94. The smallest absolute Gasteiger partial charge is 0.339 e. The Morgan fingerprint density at radius 1 is 0.880 bits per heavy atom. The molecule has 0 heterocycles. The SMILES string of the molecule is COC(=O)c1ccccc1NC(=O)C1CC1C(=O)Nc1ccccc1. The third kappa shape index (κ3) is 3.85. The lowest BCUT2D eigenvalue weighted by molar-refractivity contribution is -0.122. The number of carbonyl (C=O) groups is 3. The summed E-state index contributed by atoms with van der Waals surface area (Å²) >= 11 is 0. The van der Waals surface area contributed by atoms with Crippen molar-refractivity contribution in [3.63, 3.8) is 0 Å². The van der Waals surface area contributed by atoms with Crippen molar-refractivity contribution in [3.8, 4) is 0 Å². The lowest BCUT2D eigenvalue weighted by Gasteiger charge is -2.09. The van der Waals surface area contributed by atoms with Gasteiger partial charge in [0.2, 0.25) is 11.8 Å². The van der Waals surface area contributed by atoms with E-state index >= 15 is 0 Å². The number of hydrogen-bond donors (Lipinski definition) is 2. The van der Waals surface area contributed by atoms with Gasteiger partial charge >= 0.3 is 5.97 Å². The van der Waals surface area contributed by atoms with Gasteiger partial charge in [-0.05, 0) is 30.7 Å². The van der Waals surface area contributed by atoms with Crippen molar-refractivity contribution in [1.29, 1.82) is 0 Å². The van der Waals surface area contributed by atoms with Crippen molar-refractivity contribution in [1.82, 2.24) is 0 Å². The van der Waals surface area contributed by atoms with Gasteiger partial charge in [-0.25, -0.2) is 4.79 Å². The third-order valence-corrected chi connectivity index (χ3v) is 4.10. The van der Waals surface area contributed by atoms with Crippen molar-refractivity contribution in [2.45, 2.75) is 6.42 Å². The van der Waals surface area contributed by atoms with Crippen LogP contribution in [0, 0.1) is 11.8 Å². The lowest BCUT2D eigenvalue weighted by Crippen LogP contribution is -2.21. The second-order valence-electron chi connectivity index (χ2n) is 5.83. The molecule has 0 spiro atoms. The molecule has 0 bridgehead atoms. The van der Waals surface area contributed by atoms with Crippen LogP contribution in [0.2, 0.25) is 0 Å². The fourth-order valence-corrected chi connectivity index (χ4v) is 2.64. The zero-order valence-corrected chi connectivity index (χ0v) is 13.7. The standard InChI is InChI=1S/C19H18N2O4/c1-25-19(24)13-9-5-6-10-16(13)21-18(23)15-11-14(15)17(22)20-12-7-3-2-4-8-12/h2-10,14-15H,11H2,1H3,(H,20,22)(H,21,23). The van der Waals surface area contributed by atoms with Gasteiger partial charge in [0.25, 0.3) is 0 Å². The molecule has 6 nitrogen and oxygen atoms in total. The molecule has 2 N–H and O–H groups in total. The molecule has 1 fully saturated rings. The van der Waals surface area contributed by atoms with Crippen LogP contribution in [0.5, 0.6) is 0 Å². The maximum Gasteiger partial charge on any atom is 0.339 e. The number of carbonyl (C=O) groups excluding carboxylic acids is 3. The van der Waals surface area contributed by atoms with E-state index in [0.717, 1.165) is 0 Å². The minimum absolute atomic E-state index is 0.174. The molecule has 6 heteroatoms. The molecule has 1 aliphatic carbocycles. The number of nitrogens with one attached hydrogen (secondary N) is 2. The molecule has 128 valence electrons. The van der Waals surface area contributed by atoms with Crippen LogP contribution in [0.15, 0.2) is 54.6 Å². The lowest BCUT2D eigenvalue weighted by atomic mass is 10.1. The average molecular weight is 338 g/mol. The summed E-state index contributed by atoms with van der Waals surface area (Å²) in [6, 6.07) is 15.7. The number of para-hydroxylation sites is 2. The van der Waals surface area contributed by atoms with Crippen LogP contribution in [0.25, 0.3) is 0 Å². The summed E-state index contributed by atoms with van der Waals surface area (Å²) in [5, 5.41) is 5.51. The molecule has 0 saturated heterocycles. The van der Waals surface area contributed by atoms with E-state index in [1.807, 2.05) is 18.2 Å². The van der Waals surface area contributed by atoms with Gasteiger partial charge < -0.3 is 15.4 Å². The third-order valence-electron chi connectivity index (χ3n) is 4.10. The quantitative estimate of drug-likeness (QED) is 0.821. The molecule has 3 rings (SSSR count). The van der Waals surface area contributed by atoms with Crippen LogP contribution in [0.3, 0.4) is 0 Å². The molecule has 2 amide bonds. The predicted molar refractivity (Wildman–Crippen MR) is 93.1 cm³/mol. The van der Waals surface area contributed by atoms with Gasteiger partial charge in [0.05, 0.1) is 30.2 Å². The first-order chi connectivity index (χ1) is 12.1. The number of ether oxygens (including phenoxy) is 1. The maximum absolute atomic E-state index is 12.4. The summed E-state index contributed by atoms with van der Waals surface area (Å²) in [5.74, 6) is -1.72. The topological polar surface area (TPSA) is 84.5 Å². The zero-order chi connectivity index (χ0) is 17.8. The van der Waals surface area contributed by atoms with Gasteiger partial charge in [-0.2, -0.15) is 0 Å². The summed E-state index contributed by atoms with van der Waals surface area (Å²) in [7, 11) is 1.28. The monoisotopic (exact) mass is 338 g/mol. The fourth-order valence-electron chi connectivity index (χ4n) is 2.64. The van der Waals surface area contributed by atoms with Gasteiger partial charge in [-0.15, -0.1) is 0 Å². The van der Waals surface area contributed by atoms with Crippen molar-refractivity contribution >= 4 is 29.2 Å². The summed E-state index contributed by atoms with van der Waals surface area (Å²) < 4.78 is 4.71. The average Bonchev–Trinajstić information content (AvgIpc) is 3.43. The molecule has 0 radical (unpaired) electrons. The molecule has 0 aliphatic heterocycles. The molecule has 1 aliphatic rings. The second kappa shape index (κ2) is 7.17. The Labute approximate surface area is 145 Å². The molecule has 2 atom stereocenters. The number of methoxy groups -OCH3 is 1. The summed E-state index contributed by atoms with van der Waals surface area (Å²) in [6.45, 7) is 0. The van der Waals surface area contributed by atoms with E-state index in [-0.39, 0.29) is 23.3 Å². The molecular formula is C19H18N2O4. The highest BCUT2D eigenvalue weighted by Gasteiger charge is 2.48. The molecule has 1 saturated carbocycles.